The molecular weight excluding hydrogens is 260 g/mol. The van der Waals surface area contributed by atoms with Crippen molar-refractivity contribution in [3.05, 3.63) is 47.5 Å². The van der Waals surface area contributed by atoms with Crippen LogP contribution in [0.15, 0.2) is 30.7 Å². The van der Waals surface area contributed by atoms with Gasteiger partial charge in [0, 0.05) is 6.20 Å². The van der Waals surface area contributed by atoms with Gasteiger partial charge < -0.3 is 14.4 Å². The second-order valence-electron chi connectivity index (χ2n) is 4.19. The average Bonchev–Trinajstić information content (AvgIpc) is 2.88. The summed E-state index contributed by atoms with van der Waals surface area (Å²) >= 11 is 0. The highest BCUT2D eigenvalue weighted by Crippen LogP contribution is 2.17. The molecule has 0 spiro atoms. The van der Waals surface area contributed by atoms with E-state index >= 15 is 0 Å². The number of imidazole rings is 1. The fourth-order valence-corrected chi connectivity index (χ4v) is 1.79. The van der Waals surface area contributed by atoms with E-state index in [1.165, 1.54) is 24.7 Å². The lowest BCUT2D eigenvalue weighted by Crippen LogP contribution is -2.05. The van der Waals surface area contributed by atoms with Crippen molar-refractivity contribution < 1.29 is 19.4 Å². The van der Waals surface area contributed by atoms with Gasteiger partial charge in [0.25, 0.3) is 0 Å². The molecule has 104 valence electrons. The van der Waals surface area contributed by atoms with Crippen LogP contribution >= 0.6 is 0 Å². The molecule has 0 aliphatic carbocycles. The normalized spacial score (nSPS) is 10.3. The topological polar surface area (TPSA) is 81.4 Å². The van der Waals surface area contributed by atoms with Crippen LogP contribution in [0.2, 0.25) is 0 Å². The minimum atomic E-state index is -1.00. The molecule has 0 unspecified atom stereocenters. The molecule has 1 aromatic carbocycles. The number of benzene rings is 1. The Morgan fingerprint density at radius 3 is 2.80 bits per heavy atom. The van der Waals surface area contributed by atoms with Crippen molar-refractivity contribution in [1.82, 2.24) is 9.55 Å². The highest BCUT2D eigenvalue weighted by Gasteiger charge is 2.13. The van der Waals surface area contributed by atoms with E-state index in [4.69, 9.17) is 9.84 Å². The van der Waals surface area contributed by atoms with Gasteiger partial charge in [-0.05, 0) is 31.5 Å². The maximum absolute atomic E-state index is 11.6. The quantitative estimate of drug-likeness (QED) is 0.863. The van der Waals surface area contributed by atoms with Gasteiger partial charge in [-0.25, -0.2) is 14.6 Å². The Morgan fingerprint density at radius 2 is 2.15 bits per heavy atom. The number of hydrogen-bond acceptors (Lipinski definition) is 4. The van der Waals surface area contributed by atoms with Crippen molar-refractivity contribution in [1.29, 1.82) is 0 Å². The second kappa shape index (κ2) is 5.56. The molecule has 0 aliphatic heterocycles. The molecule has 6 nitrogen and oxygen atoms in total. The van der Waals surface area contributed by atoms with Crippen LogP contribution in [0.4, 0.5) is 0 Å². The third-order valence-corrected chi connectivity index (χ3v) is 2.80. The van der Waals surface area contributed by atoms with Gasteiger partial charge in [-0.2, -0.15) is 0 Å². The van der Waals surface area contributed by atoms with E-state index in [1.807, 2.05) is 6.92 Å². The van der Waals surface area contributed by atoms with Crippen LogP contribution in [0.25, 0.3) is 5.69 Å². The molecule has 1 heterocycles. The van der Waals surface area contributed by atoms with E-state index in [1.54, 1.807) is 17.6 Å². The summed E-state index contributed by atoms with van der Waals surface area (Å²) in [4.78, 5) is 26.5. The molecule has 0 atom stereocenters. The molecule has 0 radical (unpaired) electrons. The average molecular weight is 274 g/mol. The zero-order chi connectivity index (χ0) is 14.7. The van der Waals surface area contributed by atoms with Crippen LogP contribution in [0.5, 0.6) is 0 Å². The van der Waals surface area contributed by atoms with Crippen molar-refractivity contribution in [3.8, 4) is 5.69 Å². The monoisotopic (exact) mass is 274 g/mol. The summed E-state index contributed by atoms with van der Waals surface area (Å²) < 4.78 is 6.47. The van der Waals surface area contributed by atoms with Gasteiger partial charge in [0.2, 0.25) is 0 Å². The first-order chi connectivity index (χ1) is 9.52. The van der Waals surface area contributed by atoms with Crippen molar-refractivity contribution in [2.45, 2.75) is 13.8 Å². The van der Waals surface area contributed by atoms with Crippen molar-refractivity contribution in [2.75, 3.05) is 6.61 Å². The van der Waals surface area contributed by atoms with Gasteiger partial charge in [0.15, 0.2) is 5.69 Å². The Balaban J connectivity index is 2.39. The molecule has 0 bridgehead atoms. The van der Waals surface area contributed by atoms with E-state index in [0.29, 0.717) is 5.69 Å². The van der Waals surface area contributed by atoms with Crippen LogP contribution < -0.4 is 0 Å². The fourth-order valence-electron chi connectivity index (χ4n) is 1.79. The van der Waals surface area contributed by atoms with E-state index in [2.05, 4.69) is 4.98 Å². The number of carbonyl (C=O) groups excluding carboxylic acids is 1. The molecule has 2 aromatic rings. The lowest BCUT2D eigenvalue weighted by Gasteiger charge is -2.07. The summed E-state index contributed by atoms with van der Waals surface area (Å²) in [7, 11) is 0. The number of nitrogens with zero attached hydrogens (tertiary/aromatic N) is 2. The number of aromatic carboxylic acids is 1. The minimum absolute atomic E-state index is 0.178. The van der Waals surface area contributed by atoms with E-state index < -0.39 is 11.9 Å². The number of carboxylic acid groups (broad SMARTS) is 1. The van der Waals surface area contributed by atoms with Gasteiger partial charge in [0.1, 0.15) is 6.33 Å². The first kappa shape index (κ1) is 13.8. The van der Waals surface area contributed by atoms with Crippen molar-refractivity contribution in [2.24, 2.45) is 0 Å². The summed E-state index contributed by atoms with van der Waals surface area (Å²) in [6.07, 6.45) is 2.98. The van der Waals surface area contributed by atoms with Gasteiger partial charge in [-0.3, -0.25) is 0 Å². The SMILES string of the molecule is CCOC(=O)c1cn(-c2cc(C(=O)O)ccc2C)cn1. The first-order valence-corrected chi connectivity index (χ1v) is 6.08. The van der Waals surface area contributed by atoms with Crippen molar-refractivity contribution >= 4 is 11.9 Å². The predicted octanol–water partition coefficient (Wildman–Crippen LogP) is 2.06. The third-order valence-electron chi connectivity index (χ3n) is 2.80. The molecule has 20 heavy (non-hydrogen) atoms. The number of aryl methyl sites for hydroxylation is 1. The Hall–Kier alpha value is -2.63. The third kappa shape index (κ3) is 2.69. The van der Waals surface area contributed by atoms with Crippen LogP contribution in [0, 0.1) is 6.92 Å². The second-order valence-corrected chi connectivity index (χ2v) is 4.19. The molecule has 0 aliphatic rings. The minimum Gasteiger partial charge on any atom is -0.478 e. The summed E-state index contributed by atoms with van der Waals surface area (Å²) in [5.41, 5.74) is 1.90. The molecule has 0 saturated heterocycles. The molecule has 0 fully saturated rings. The Bertz CT molecular complexity index is 661. The maximum atomic E-state index is 11.6. The van der Waals surface area contributed by atoms with Crippen molar-refractivity contribution in [3.63, 3.8) is 0 Å². The molecule has 0 amide bonds. The standard InChI is InChI=1S/C14H14N2O4/c1-3-20-14(19)11-7-16(8-15-11)12-6-10(13(17)18)5-4-9(12)2/h4-8H,3H2,1-2H3,(H,17,18). The van der Waals surface area contributed by atoms with Gasteiger partial charge >= 0.3 is 11.9 Å². The van der Waals surface area contributed by atoms with Crippen LogP contribution in [-0.2, 0) is 4.74 Å². The zero-order valence-electron chi connectivity index (χ0n) is 11.2. The summed E-state index contributed by atoms with van der Waals surface area (Å²) in [6, 6.07) is 4.78. The highest BCUT2D eigenvalue weighted by molar-refractivity contribution is 5.89. The fraction of sp³-hybridized carbons (Fsp3) is 0.214. The summed E-state index contributed by atoms with van der Waals surface area (Å²) in [5.74, 6) is -1.50. The smallest absolute Gasteiger partial charge is 0.358 e. The predicted molar refractivity (Wildman–Crippen MR) is 71.2 cm³/mol. The number of carbonyl (C=O) groups is 2. The summed E-state index contributed by atoms with van der Waals surface area (Å²) in [6.45, 7) is 3.85. The molecule has 0 saturated carbocycles. The number of carboxylic acids is 1. The number of aromatic nitrogens is 2. The Morgan fingerprint density at radius 1 is 1.40 bits per heavy atom. The number of hydrogen-bond donors (Lipinski definition) is 1. The van der Waals surface area contributed by atoms with Crippen LogP contribution in [0.1, 0.15) is 33.3 Å². The van der Waals surface area contributed by atoms with E-state index in [-0.39, 0.29) is 17.9 Å². The highest BCUT2D eigenvalue weighted by atomic mass is 16.5. The van der Waals surface area contributed by atoms with E-state index in [0.717, 1.165) is 5.56 Å². The molecule has 1 N–H and O–H groups in total. The number of rotatable bonds is 4. The maximum Gasteiger partial charge on any atom is 0.358 e. The van der Waals surface area contributed by atoms with E-state index in [9.17, 15) is 9.59 Å². The van der Waals surface area contributed by atoms with Crippen LogP contribution in [-0.4, -0.2) is 33.2 Å². The first-order valence-electron chi connectivity index (χ1n) is 6.08. The largest absolute Gasteiger partial charge is 0.478 e. The summed E-state index contributed by atoms with van der Waals surface area (Å²) in [5, 5.41) is 9.01. The van der Waals surface area contributed by atoms with Gasteiger partial charge in [-0.15, -0.1) is 0 Å². The molecule has 6 heteroatoms. The lowest BCUT2D eigenvalue weighted by molar-refractivity contribution is 0.0519. The Labute approximate surface area is 115 Å². The number of esters is 1. The Kier molecular flexibility index (Phi) is 3.84. The van der Waals surface area contributed by atoms with Crippen LogP contribution in [0.3, 0.4) is 0 Å². The van der Waals surface area contributed by atoms with Gasteiger partial charge in [0.05, 0.1) is 17.9 Å². The molecular formula is C14H14N2O4. The molecule has 2 rings (SSSR count). The van der Waals surface area contributed by atoms with Gasteiger partial charge in [-0.1, -0.05) is 6.07 Å². The number of ether oxygens (including phenoxy) is 1. The zero-order valence-corrected chi connectivity index (χ0v) is 11.2. The lowest BCUT2D eigenvalue weighted by atomic mass is 10.1. The molecule has 1 aromatic heterocycles.